The third kappa shape index (κ3) is 3.67. The van der Waals surface area contributed by atoms with Gasteiger partial charge in [-0.2, -0.15) is 0 Å². The predicted octanol–water partition coefficient (Wildman–Crippen LogP) is 3.21. The molecule has 2 heterocycles. The summed E-state index contributed by atoms with van der Waals surface area (Å²) < 4.78 is 0. The molecule has 2 aromatic carbocycles. The van der Waals surface area contributed by atoms with Gasteiger partial charge in [0, 0.05) is 29.7 Å². The molecule has 0 aliphatic carbocycles. The molecule has 0 radical (unpaired) electrons. The van der Waals surface area contributed by atoms with E-state index in [4.69, 9.17) is 0 Å². The van der Waals surface area contributed by atoms with E-state index >= 15 is 0 Å². The summed E-state index contributed by atoms with van der Waals surface area (Å²) in [5.74, 6) is 0.896. The molecule has 1 amide bonds. The van der Waals surface area contributed by atoms with Crippen molar-refractivity contribution in [3.63, 3.8) is 0 Å². The first-order valence-corrected chi connectivity index (χ1v) is 9.23. The topological polar surface area (TPSA) is 66.4 Å². The molecule has 0 spiro atoms. The standard InChI is InChI=1S/C22H22N4O/c1-15-13-19(18-9-4-5-10-20(18)26-15)22(27)24-12-6-11-23-21-17-8-3-2-7-16(17)14-25-21/h2-5,7-10,13H,6,11-12,14H2,1H3,(H,23,25)(H,24,27). The van der Waals surface area contributed by atoms with Crippen LogP contribution in [0, 0.1) is 6.92 Å². The maximum absolute atomic E-state index is 12.6. The van der Waals surface area contributed by atoms with Crippen molar-refractivity contribution in [2.75, 3.05) is 13.1 Å². The first kappa shape index (κ1) is 17.2. The molecule has 0 unspecified atom stereocenters. The average Bonchev–Trinajstić information content (AvgIpc) is 3.10. The molecule has 1 aliphatic rings. The van der Waals surface area contributed by atoms with Crippen LogP contribution < -0.4 is 10.6 Å². The second-order valence-corrected chi connectivity index (χ2v) is 6.69. The van der Waals surface area contributed by atoms with E-state index in [1.165, 1.54) is 11.1 Å². The Morgan fingerprint density at radius 2 is 1.89 bits per heavy atom. The number of carbonyl (C=O) groups is 1. The van der Waals surface area contributed by atoms with E-state index in [0.717, 1.165) is 41.9 Å². The van der Waals surface area contributed by atoms with E-state index in [0.29, 0.717) is 12.1 Å². The molecule has 1 aromatic heterocycles. The Morgan fingerprint density at radius 3 is 2.81 bits per heavy atom. The first-order valence-electron chi connectivity index (χ1n) is 9.23. The number of hydrogen-bond donors (Lipinski definition) is 2. The second kappa shape index (κ2) is 7.58. The second-order valence-electron chi connectivity index (χ2n) is 6.69. The number of aryl methyl sites for hydroxylation is 1. The van der Waals surface area contributed by atoms with Crippen LogP contribution >= 0.6 is 0 Å². The Bertz CT molecular complexity index is 1030. The lowest BCUT2D eigenvalue weighted by molar-refractivity contribution is 0.0955. The number of nitrogens with zero attached hydrogens (tertiary/aromatic N) is 2. The van der Waals surface area contributed by atoms with Gasteiger partial charge in [-0.3, -0.25) is 14.8 Å². The van der Waals surface area contributed by atoms with E-state index < -0.39 is 0 Å². The highest BCUT2D eigenvalue weighted by atomic mass is 16.1. The number of hydrogen-bond acceptors (Lipinski definition) is 4. The zero-order valence-corrected chi connectivity index (χ0v) is 15.3. The summed E-state index contributed by atoms with van der Waals surface area (Å²) in [5, 5.41) is 7.28. The maximum Gasteiger partial charge on any atom is 0.252 e. The molecule has 5 nitrogen and oxygen atoms in total. The van der Waals surface area contributed by atoms with Crippen molar-refractivity contribution in [3.8, 4) is 0 Å². The lowest BCUT2D eigenvalue weighted by atomic mass is 10.1. The van der Waals surface area contributed by atoms with Gasteiger partial charge in [-0.25, -0.2) is 0 Å². The molecule has 0 bridgehead atoms. The Hall–Kier alpha value is -3.21. The Balaban J connectivity index is 1.31. The summed E-state index contributed by atoms with van der Waals surface area (Å²) in [4.78, 5) is 21.6. The van der Waals surface area contributed by atoms with Crippen LogP contribution in [0.4, 0.5) is 0 Å². The third-order valence-electron chi connectivity index (χ3n) is 4.70. The molecule has 5 heteroatoms. The molecule has 0 atom stereocenters. The number of para-hydroxylation sites is 1. The van der Waals surface area contributed by atoms with Crippen LogP contribution in [0.2, 0.25) is 0 Å². The highest BCUT2D eigenvalue weighted by molar-refractivity contribution is 6.06. The Kier molecular flexibility index (Phi) is 4.83. The minimum atomic E-state index is -0.0553. The largest absolute Gasteiger partial charge is 0.370 e. The summed E-state index contributed by atoms with van der Waals surface area (Å²) in [6, 6.07) is 17.9. The number of carbonyl (C=O) groups excluding carboxylic acids is 1. The molecule has 1 aliphatic heterocycles. The van der Waals surface area contributed by atoms with Crippen LogP contribution in [0.3, 0.4) is 0 Å². The van der Waals surface area contributed by atoms with Crippen molar-refractivity contribution in [1.29, 1.82) is 0 Å². The quantitative estimate of drug-likeness (QED) is 0.688. The minimum Gasteiger partial charge on any atom is -0.370 e. The average molecular weight is 358 g/mol. The molecule has 0 fully saturated rings. The zero-order valence-electron chi connectivity index (χ0n) is 15.3. The van der Waals surface area contributed by atoms with Gasteiger partial charge in [-0.1, -0.05) is 42.5 Å². The fourth-order valence-electron chi connectivity index (χ4n) is 3.38. The normalized spacial score (nSPS) is 12.6. The van der Waals surface area contributed by atoms with Gasteiger partial charge in [-0.05, 0) is 31.0 Å². The van der Waals surface area contributed by atoms with Gasteiger partial charge in [0.25, 0.3) is 5.91 Å². The number of fused-ring (bicyclic) bond motifs is 2. The van der Waals surface area contributed by atoms with Crippen molar-refractivity contribution in [3.05, 3.63) is 77.0 Å². The maximum atomic E-state index is 12.6. The Morgan fingerprint density at radius 1 is 1.07 bits per heavy atom. The summed E-state index contributed by atoms with van der Waals surface area (Å²) in [6.07, 6.45) is 0.828. The zero-order chi connectivity index (χ0) is 18.6. The number of pyridine rings is 1. The molecule has 4 rings (SSSR count). The number of aromatic nitrogens is 1. The van der Waals surface area contributed by atoms with Gasteiger partial charge in [0.05, 0.1) is 17.6 Å². The van der Waals surface area contributed by atoms with Crippen molar-refractivity contribution in [1.82, 2.24) is 15.6 Å². The first-order chi connectivity index (χ1) is 13.2. The van der Waals surface area contributed by atoms with Crippen LogP contribution in [-0.4, -0.2) is 29.8 Å². The fourth-order valence-corrected chi connectivity index (χ4v) is 3.38. The monoisotopic (exact) mass is 358 g/mol. The SMILES string of the molecule is Cc1cc(C(=O)NCCCNC2=NCc3ccccc32)c2ccccc2n1. The summed E-state index contributed by atoms with van der Waals surface area (Å²) in [7, 11) is 0. The summed E-state index contributed by atoms with van der Waals surface area (Å²) in [5.41, 5.74) is 4.81. The van der Waals surface area contributed by atoms with Crippen molar-refractivity contribution >= 4 is 22.6 Å². The van der Waals surface area contributed by atoms with Crippen molar-refractivity contribution in [2.24, 2.45) is 4.99 Å². The number of aliphatic imine (C=N–C) groups is 1. The molecule has 0 saturated heterocycles. The van der Waals surface area contributed by atoms with Crippen molar-refractivity contribution < 1.29 is 4.79 Å². The summed E-state index contributed by atoms with van der Waals surface area (Å²) >= 11 is 0. The molecule has 2 N–H and O–H groups in total. The van der Waals surface area contributed by atoms with E-state index in [-0.39, 0.29) is 5.91 Å². The number of benzene rings is 2. The third-order valence-corrected chi connectivity index (χ3v) is 4.70. The highest BCUT2D eigenvalue weighted by Crippen LogP contribution is 2.18. The van der Waals surface area contributed by atoms with Crippen LogP contribution in [0.1, 0.15) is 33.6 Å². The van der Waals surface area contributed by atoms with Gasteiger partial charge >= 0.3 is 0 Å². The van der Waals surface area contributed by atoms with E-state index in [9.17, 15) is 4.79 Å². The van der Waals surface area contributed by atoms with Gasteiger partial charge in [0.15, 0.2) is 0 Å². The van der Waals surface area contributed by atoms with E-state index in [2.05, 4.69) is 32.7 Å². The van der Waals surface area contributed by atoms with E-state index in [1.54, 1.807) is 0 Å². The molecular weight excluding hydrogens is 336 g/mol. The van der Waals surface area contributed by atoms with Gasteiger partial charge in [0.2, 0.25) is 0 Å². The molecule has 27 heavy (non-hydrogen) atoms. The molecular formula is C22H22N4O. The lowest BCUT2D eigenvalue weighted by Gasteiger charge is -2.10. The van der Waals surface area contributed by atoms with Gasteiger partial charge in [-0.15, -0.1) is 0 Å². The van der Waals surface area contributed by atoms with Crippen LogP contribution in [-0.2, 0) is 6.54 Å². The molecule has 0 saturated carbocycles. The fraction of sp³-hybridized carbons (Fsp3) is 0.227. The summed E-state index contributed by atoms with van der Waals surface area (Å²) in [6.45, 7) is 4.02. The predicted molar refractivity (Wildman–Crippen MR) is 108 cm³/mol. The number of amides is 1. The number of nitrogens with one attached hydrogen (secondary N) is 2. The van der Waals surface area contributed by atoms with Crippen LogP contribution in [0.25, 0.3) is 10.9 Å². The van der Waals surface area contributed by atoms with Gasteiger partial charge in [0.1, 0.15) is 5.84 Å². The minimum absolute atomic E-state index is 0.0553. The molecule has 3 aromatic rings. The smallest absolute Gasteiger partial charge is 0.252 e. The molecule has 136 valence electrons. The Labute approximate surface area is 158 Å². The lowest BCUT2D eigenvalue weighted by Crippen LogP contribution is -2.30. The number of amidine groups is 1. The van der Waals surface area contributed by atoms with Crippen molar-refractivity contribution in [2.45, 2.75) is 19.9 Å². The number of rotatable bonds is 5. The van der Waals surface area contributed by atoms with Gasteiger partial charge < -0.3 is 10.6 Å². The van der Waals surface area contributed by atoms with E-state index in [1.807, 2.05) is 49.4 Å². The highest BCUT2D eigenvalue weighted by Gasteiger charge is 2.14. The van der Waals surface area contributed by atoms with Crippen LogP contribution in [0.5, 0.6) is 0 Å². The van der Waals surface area contributed by atoms with Crippen LogP contribution in [0.15, 0.2) is 59.6 Å².